The summed E-state index contributed by atoms with van der Waals surface area (Å²) < 4.78 is 138. The summed E-state index contributed by atoms with van der Waals surface area (Å²) in [6, 6.07) is 41.4. The van der Waals surface area contributed by atoms with Crippen LogP contribution in [0.15, 0.2) is 152 Å². The van der Waals surface area contributed by atoms with Gasteiger partial charge in [-0.05, 0) is 154 Å². The van der Waals surface area contributed by atoms with Crippen molar-refractivity contribution < 1.29 is 162 Å². The zero-order valence-corrected chi connectivity index (χ0v) is 75.8. The van der Waals surface area contributed by atoms with Gasteiger partial charge in [-0.1, -0.05) is 6.07 Å². The molecule has 8 rings (SSSR count). The zero-order valence-electron chi connectivity index (χ0n) is 75.8. The van der Waals surface area contributed by atoms with Crippen LogP contribution in [-0.4, -0.2) is 175 Å². The first-order chi connectivity index (χ1) is 64.0. The number of aliphatic hydroxyl groups is 1. The number of carbonyl (C=O) groups is 9. The molecule has 8 aromatic rings. The zero-order chi connectivity index (χ0) is 94.8. The first-order valence-electron chi connectivity index (χ1n) is 42.5. The highest BCUT2D eigenvalue weighted by molar-refractivity contribution is 5.87. The van der Waals surface area contributed by atoms with Crippen LogP contribution in [0.4, 0.5) is 0 Å². The molecule has 8 aromatic carbocycles. The van der Waals surface area contributed by atoms with Crippen molar-refractivity contribution in [2.75, 3.05) is 110 Å². The molecule has 0 amide bonds. The lowest BCUT2D eigenvalue weighted by Crippen LogP contribution is -2.22. The molecule has 0 aliphatic carbocycles. The van der Waals surface area contributed by atoms with E-state index < -0.39 is 53.9 Å². The number of benzene rings is 8. The maximum atomic E-state index is 12.2. The minimum Gasteiger partial charge on any atom is -0.493 e. The smallest absolute Gasteiger partial charge is 0.330 e. The van der Waals surface area contributed by atoms with Gasteiger partial charge in [0, 0.05) is 139 Å². The van der Waals surface area contributed by atoms with Gasteiger partial charge >= 0.3 is 53.7 Å². The fourth-order valence-electron chi connectivity index (χ4n) is 12.3. The van der Waals surface area contributed by atoms with Crippen molar-refractivity contribution in [3.63, 3.8) is 0 Å². The van der Waals surface area contributed by atoms with E-state index in [0.29, 0.717) is 164 Å². The normalized spacial score (nSPS) is 11.0. The molecule has 0 saturated carbocycles. The minimum atomic E-state index is -0.666. The molecule has 0 aliphatic heterocycles. The van der Waals surface area contributed by atoms with Gasteiger partial charge in [0.15, 0.2) is 11.5 Å². The van der Waals surface area contributed by atoms with Crippen molar-refractivity contribution >= 4 is 59.8 Å². The predicted octanol–water partition coefficient (Wildman–Crippen LogP) is 14.5. The van der Waals surface area contributed by atoms with Crippen molar-refractivity contribution in [3.8, 4) is 92.0 Å². The molecule has 0 heterocycles. The lowest BCUT2D eigenvalue weighted by Gasteiger charge is -2.18. The number of methoxy groups -OCH3 is 9. The Labute approximate surface area is 765 Å². The highest BCUT2D eigenvalue weighted by Gasteiger charge is 2.22. The third-order valence-electron chi connectivity index (χ3n) is 19.5. The molecule has 1 atom stereocenters. The summed E-state index contributed by atoms with van der Waals surface area (Å²) in [7, 11) is 11.8. The Morgan fingerprint density at radius 1 is 0.288 bits per heavy atom. The average Bonchev–Trinajstić information content (AvgIpc) is 0.801. The Hall–Kier alpha value is -14.3. The first kappa shape index (κ1) is 103. The number of hydrogen-bond acceptors (Lipinski definition) is 34. The molecular formula is C98H114O34. The second kappa shape index (κ2) is 56.9. The highest BCUT2D eigenvalue weighted by atomic mass is 16.6. The number of ether oxygens (including phenoxy) is 24. The Bertz CT molecular complexity index is 5100. The van der Waals surface area contributed by atoms with Crippen molar-refractivity contribution in [1.82, 2.24) is 0 Å². The summed E-state index contributed by atoms with van der Waals surface area (Å²) in [5, 5.41) is 9.95. The Kier molecular flexibility index (Phi) is 44.4. The van der Waals surface area contributed by atoms with Crippen molar-refractivity contribution in [1.29, 1.82) is 0 Å². The van der Waals surface area contributed by atoms with Crippen molar-refractivity contribution in [3.05, 3.63) is 196 Å². The van der Waals surface area contributed by atoms with Crippen LogP contribution in [-0.2, 0) is 127 Å². The van der Waals surface area contributed by atoms with E-state index in [2.05, 4.69) is 0 Å². The number of esters is 9. The summed E-state index contributed by atoms with van der Waals surface area (Å²) in [5.41, 5.74) is 4.70. The third kappa shape index (κ3) is 36.3. The Balaban J connectivity index is 0.992. The largest absolute Gasteiger partial charge is 0.493 e. The summed E-state index contributed by atoms with van der Waals surface area (Å²) in [6.45, 7) is 1.57. The van der Waals surface area contributed by atoms with Gasteiger partial charge in [0.1, 0.15) is 133 Å². The molecule has 132 heavy (non-hydrogen) atoms. The van der Waals surface area contributed by atoms with E-state index in [0.717, 1.165) is 0 Å². The van der Waals surface area contributed by atoms with Crippen LogP contribution in [0.3, 0.4) is 0 Å². The summed E-state index contributed by atoms with van der Waals surface area (Å²) >= 11 is 0. The van der Waals surface area contributed by atoms with Crippen LogP contribution >= 0.6 is 0 Å². The van der Waals surface area contributed by atoms with Crippen LogP contribution in [0.1, 0.15) is 141 Å². The van der Waals surface area contributed by atoms with Crippen LogP contribution < -0.4 is 75.8 Å². The molecular weight excluding hydrogens is 1720 g/mol. The molecule has 0 aromatic heterocycles. The number of aliphatic hydroxyl groups excluding tert-OH is 1. The predicted molar refractivity (Wildman–Crippen MR) is 474 cm³/mol. The van der Waals surface area contributed by atoms with Crippen LogP contribution in [0.5, 0.6) is 92.0 Å². The molecule has 1 unspecified atom stereocenters. The second-order valence-corrected chi connectivity index (χ2v) is 29.0. The van der Waals surface area contributed by atoms with Crippen LogP contribution in [0.25, 0.3) is 6.08 Å². The van der Waals surface area contributed by atoms with Gasteiger partial charge in [0.25, 0.3) is 0 Å². The van der Waals surface area contributed by atoms with E-state index in [-0.39, 0.29) is 161 Å². The highest BCUT2D eigenvalue weighted by Crippen LogP contribution is 2.38. The maximum absolute atomic E-state index is 12.2. The molecule has 1 N–H and O–H groups in total. The van der Waals surface area contributed by atoms with Crippen LogP contribution in [0, 0.1) is 0 Å². The van der Waals surface area contributed by atoms with Gasteiger partial charge < -0.3 is 119 Å². The van der Waals surface area contributed by atoms with Gasteiger partial charge in [-0.25, -0.2) is 4.79 Å². The Morgan fingerprint density at radius 3 is 0.826 bits per heavy atom. The molecule has 34 heteroatoms. The first-order valence-corrected chi connectivity index (χ1v) is 42.5. The van der Waals surface area contributed by atoms with E-state index in [1.807, 2.05) is 0 Å². The second-order valence-electron chi connectivity index (χ2n) is 29.0. The van der Waals surface area contributed by atoms with E-state index in [1.165, 1.54) is 89.1 Å². The lowest BCUT2D eigenvalue weighted by atomic mass is 10.1. The summed E-state index contributed by atoms with van der Waals surface area (Å²) in [4.78, 5) is 109. The standard InChI is InChI=1S/C98H114O34/c1-65(100)131-90-48-66(32-40-97(107)116-9)73(49-89(90)109-2)64-130-80-38-31-72(88(56-80)123-47-17-25-96(106)115-8)63-129-79-37-30-71(87(55-79)122-46-16-24-95(105)114-7)62-128-78-36-29-70(86(54-78)121-45-15-23-94(104)113-6)61-127-77-35-28-69(85(53-77)120-44-14-22-93(103)112-5)60-126-76-34-27-68(84(52-76)119-43-13-21-92(102)111-4)59-125-75-33-26-67(83(51-75)118-42-12-20-91(101)110-3)58-124-74-18-11-19-81(50-74)132-82(57-99)39-41-98(108)117-10/h11,18-19,26-38,40,48-56,82,99H,12-17,20-25,39,41-47,57-64H2,1-10H3/b40-32+. The summed E-state index contributed by atoms with van der Waals surface area (Å²) in [5.74, 6) is 1.87. The summed E-state index contributed by atoms with van der Waals surface area (Å²) in [6.07, 6.45) is 4.90. The average molecular weight is 1840 g/mol. The van der Waals surface area contributed by atoms with Gasteiger partial charge in [-0.3, -0.25) is 38.4 Å². The van der Waals surface area contributed by atoms with Crippen molar-refractivity contribution in [2.24, 2.45) is 0 Å². The van der Waals surface area contributed by atoms with E-state index in [9.17, 15) is 48.3 Å². The van der Waals surface area contributed by atoms with E-state index >= 15 is 0 Å². The van der Waals surface area contributed by atoms with E-state index in [4.69, 9.17) is 114 Å². The quantitative estimate of drug-likeness (QED) is 0.0122. The number of carbonyl (C=O) groups excluding carboxylic acids is 9. The van der Waals surface area contributed by atoms with Gasteiger partial charge in [-0.15, -0.1) is 0 Å². The molecule has 0 radical (unpaired) electrons. The molecule has 34 nitrogen and oxygen atoms in total. The van der Waals surface area contributed by atoms with Crippen LogP contribution in [0.2, 0.25) is 0 Å². The lowest BCUT2D eigenvalue weighted by molar-refractivity contribution is -0.142. The molecule has 710 valence electrons. The molecule has 0 bridgehead atoms. The van der Waals surface area contributed by atoms with Crippen molar-refractivity contribution in [2.45, 2.75) is 149 Å². The topological polar surface area (TPSA) is 395 Å². The Morgan fingerprint density at radius 2 is 0.561 bits per heavy atom. The fraction of sp³-hybridized carbons (Fsp3) is 0.398. The molecule has 0 fully saturated rings. The van der Waals surface area contributed by atoms with E-state index in [1.54, 1.807) is 140 Å². The SMILES string of the molecule is COC(=O)/C=C/c1cc(OC(C)=O)c(OC)cc1COc1ccc(COc2ccc(COc3ccc(COc4ccc(COc5ccc(COc6ccc(COc7cccc(OC(CO)CCC(=O)OC)c7)c(OCCCC(=O)OC)c6)c(OCCCC(=O)OC)c5)c(OCCCC(=O)OC)c4)c(OCCCC(=O)OC)c3)c(OCCCC(=O)OC)c2)c(OCCCC(=O)OC)c1. The number of rotatable bonds is 61. The molecule has 0 spiro atoms. The van der Waals surface area contributed by atoms with Gasteiger partial charge in [0.05, 0.1) is 110 Å². The monoisotopic (exact) mass is 1830 g/mol. The minimum absolute atomic E-state index is 0.00106. The van der Waals surface area contributed by atoms with Gasteiger partial charge in [-0.2, -0.15) is 0 Å². The third-order valence-corrected chi connectivity index (χ3v) is 19.5. The molecule has 0 saturated heterocycles. The number of hydrogen-bond donors (Lipinski definition) is 1. The maximum Gasteiger partial charge on any atom is 0.330 e. The molecule has 0 aliphatic rings. The van der Waals surface area contributed by atoms with Gasteiger partial charge in [0.2, 0.25) is 0 Å². The fourth-order valence-corrected chi connectivity index (χ4v) is 12.3.